The van der Waals surface area contributed by atoms with Crippen LogP contribution < -0.4 is 10.6 Å². The Labute approximate surface area is 142 Å². The highest BCUT2D eigenvalue weighted by Gasteiger charge is 2.27. The fourth-order valence-electron chi connectivity index (χ4n) is 3.17. The maximum atomic E-state index is 12.6. The van der Waals surface area contributed by atoms with Crippen LogP contribution >= 0.6 is 0 Å². The molecule has 0 spiro atoms. The minimum absolute atomic E-state index is 0.0732. The topological polar surface area (TPSA) is 79.0 Å². The third-order valence-corrected chi connectivity index (χ3v) is 4.46. The molecule has 0 aliphatic heterocycles. The van der Waals surface area contributed by atoms with Gasteiger partial charge in [-0.25, -0.2) is 0 Å². The molecular weight excluding hydrogens is 304 g/mol. The van der Waals surface area contributed by atoms with Gasteiger partial charge >= 0.3 is 0 Å². The first-order valence-electron chi connectivity index (χ1n) is 8.40. The molecule has 1 aliphatic carbocycles. The normalized spacial score (nSPS) is 16.5. The lowest BCUT2D eigenvalue weighted by Crippen LogP contribution is -2.31. The van der Waals surface area contributed by atoms with E-state index in [0.717, 1.165) is 48.3 Å². The number of hydrogen-bond donors (Lipinski definition) is 3. The molecule has 1 aliphatic rings. The molecule has 3 N–H and O–H groups in total. The number of rotatable bonds is 7. The molecule has 1 amide bonds. The molecule has 128 valence electrons. The van der Waals surface area contributed by atoms with Gasteiger partial charge < -0.3 is 15.4 Å². The molecule has 0 fully saturated rings. The van der Waals surface area contributed by atoms with E-state index in [2.05, 4.69) is 20.8 Å². The van der Waals surface area contributed by atoms with Crippen LogP contribution in [-0.4, -0.2) is 36.4 Å². The monoisotopic (exact) mass is 328 g/mol. The van der Waals surface area contributed by atoms with Gasteiger partial charge in [-0.1, -0.05) is 18.2 Å². The number of methoxy groups -OCH3 is 1. The van der Waals surface area contributed by atoms with Crippen molar-refractivity contribution in [3.05, 3.63) is 47.3 Å². The van der Waals surface area contributed by atoms with Gasteiger partial charge in [-0.15, -0.1) is 0 Å². The number of aromatic amines is 1. The average molecular weight is 328 g/mol. The summed E-state index contributed by atoms with van der Waals surface area (Å²) in [6, 6.07) is 8.02. The number of carbonyl (C=O) groups is 1. The Bertz CT molecular complexity index is 683. The van der Waals surface area contributed by atoms with E-state index < -0.39 is 0 Å². The fraction of sp³-hybridized carbons (Fsp3) is 0.444. The number of ether oxygens (including phenoxy) is 1. The SMILES string of the molecule is COCCNc1ccccc1CNC(=O)C1CCCc2[nH]ncc21. The second-order valence-electron chi connectivity index (χ2n) is 6.04. The third kappa shape index (κ3) is 3.76. The molecular formula is C18H24N4O2. The molecule has 1 aromatic heterocycles. The van der Waals surface area contributed by atoms with E-state index in [4.69, 9.17) is 4.74 Å². The van der Waals surface area contributed by atoms with Gasteiger partial charge in [0.1, 0.15) is 0 Å². The van der Waals surface area contributed by atoms with Crippen LogP contribution in [0.1, 0.15) is 35.6 Å². The number of H-pyrrole nitrogens is 1. The largest absolute Gasteiger partial charge is 0.383 e. The van der Waals surface area contributed by atoms with Crippen LogP contribution in [0.5, 0.6) is 0 Å². The molecule has 1 atom stereocenters. The van der Waals surface area contributed by atoms with E-state index in [1.807, 2.05) is 24.3 Å². The summed E-state index contributed by atoms with van der Waals surface area (Å²) in [5.41, 5.74) is 4.25. The Morgan fingerprint density at radius 1 is 1.42 bits per heavy atom. The maximum absolute atomic E-state index is 12.6. The Morgan fingerprint density at radius 2 is 2.29 bits per heavy atom. The van der Waals surface area contributed by atoms with Crippen LogP contribution in [0.4, 0.5) is 5.69 Å². The lowest BCUT2D eigenvalue weighted by atomic mass is 9.86. The van der Waals surface area contributed by atoms with Crippen molar-refractivity contribution in [2.75, 3.05) is 25.6 Å². The summed E-state index contributed by atoms with van der Waals surface area (Å²) in [6.45, 7) is 1.90. The van der Waals surface area contributed by atoms with Crippen molar-refractivity contribution in [3.63, 3.8) is 0 Å². The zero-order valence-electron chi connectivity index (χ0n) is 14.0. The highest BCUT2D eigenvalue weighted by atomic mass is 16.5. The van der Waals surface area contributed by atoms with E-state index in [0.29, 0.717) is 13.2 Å². The zero-order valence-corrected chi connectivity index (χ0v) is 14.0. The summed E-state index contributed by atoms with van der Waals surface area (Å²) < 4.78 is 5.07. The number of carbonyl (C=O) groups excluding carboxylic acids is 1. The number of benzene rings is 1. The van der Waals surface area contributed by atoms with Crippen LogP contribution in [0.15, 0.2) is 30.5 Å². The van der Waals surface area contributed by atoms with Gasteiger partial charge in [0.2, 0.25) is 5.91 Å². The summed E-state index contributed by atoms with van der Waals surface area (Å²) in [7, 11) is 1.68. The molecule has 0 bridgehead atoms. The zero-order chi connectivity index (χ0) is 16.8. The lowest BCUT2D eigenvalue weighted by molar-refractivity contribution is -0.123. The van der Waals surface area contributed by atoms with Gasteiger partial charge in [-0.3, -0.25) is 9.89 Å². The Morgan fingerprint density at radius 3 is 3.17 bits per heavy atom. The van der Waals surface area contributed by atoms with Crippen molar-refractivity contribution in [2.45, 2.75) is 31.7 Å². The second kappa shape index (κ2) is 7.97. The molecule has 6 heteroatoms. The van der Waals surface area contributed by atoms with Crippen molar-refractivity contribution < 1.29 is 9.53 Å². The molecule has 1 unspecified atom stereocenters. The fourth-order valence-corrected chi connectivity index (χ4v) is 3.17. The molecule has 1 aromatic carbocycles. The van der Waals surface area contributed by atoms with Crippen molar-refractivity contribution in [1.82, 2.24) is 15.5 Å². The van der Waals surface area contributed by atoms with Crippen LogP contribution in [-0.2, 0) is 22.5 Å². The number of aryl methyl sites for hydroxylation is 1. The van der Waals surface area contributed by atoms with Crippen LogP contribution in [0, 0.1) is 0 Å². The summed E-state index contributed by atoms with van der Waals surface area (Å²) in [4.78, 5) is 12.6. The van der Waals surface area contributed by atoms with Gasteiger partial charge in [0.15, 0.2) is 0 Å². The minimum Gasteiger partial charge on any atom is -0.383 e. The number of fused-ring (bicyclic) bond motifs is 1. The quantitative estimate of drug-likeness (QED) is 0.681. The number of nitrogens with one attached hydrogen (secondary N) is 3. The number of hydrogen-bond acceptors (Lipinski definition) is 4. The van der Waals surface area contributed by atoms with Crippen molar-refractivity contribution in [2.24, 2.45) is 0 Å². The first kappa shape index (κ1) is 16.5. The van der Waals surface area contributed by atoms with Crippen molar-refractivity contribution >= 4 is 11.6 Å². The predicted molar refractivity (Wildman–Crippen MR) is 92.9 cm³/mol. The lowest BCUT2D eigenvalue weighted by Gasteiger charge is -2.21. The molecule has 1 heterocycles. The highest BCUT2D eigenvalue weighted by molar-refractivity contribution is 5.84. The number of anilines is 1. The van der Waals surface area contributed by atoms with Crippen LogP contribution in [0.3, 0.4) is 0 Å². The van der Waals surface area contributed by atoms with Gasteiger partial charge in [0.25, 0.3) is 0 Å². The number of aromatic nitrogens is 2. The van der Waals surface area contributed by atoms with Crippen LogP contribution in [0.25, 0.3) is 0 Å². The number of amides is 1. The highest BCUT2D eigenvalue weighted by Crippen LogP contribution is 2.30. The van der Waals surface area contributed by atoms with E-state index >= 15 is 0 Å². The maximum Gasteiger partial charge on any atom is 0.227 e. The molecule has 0 radical (unpaired) electrons. The van der Waals surface area contributed by atoms with Gasteiger partial charge in [-0.05, 0) is 30.9 Å². The molecule has 6 nitrogen and oxygen atoms in total. The summed E-state index contributed by atoms with van der Waals surface area (Å²) >= 11 is 0. The molecule has 3 rings (SSSR count). The average Bonchev–Trinajstić information content (AvgIpc) is 3.09. The summed E-state index contributed by atoms with van der Waals surface area (Å²) in [5, 5.41) is 13.5. The summed E-state index contributed by atoms with van der Waals surface area (Å²) in [6.07, 6.45) is 4.67. The molecule has 0 saturated heterocycles. The summed E-state index contributed by atoms with van der Waals surface area (Å²) in [5.74, 6) is -0.0230. The molecule has 24 heavy (non-hydrogen) atoms. The first-order chi connectivity index (χ1) is 11.8. The van der Waals surface area contributed by atoms with E-state index in [1.54, 1.807) is 13.3 Å². The molecule has 2 aromatic rings. The van der Waals surface area contributed by atoms with E-state index in [9.17, 15) is 4.79 Å². The van der Waals surface area contributed by atoms with Crippen LogP contribution in [0.2, 0.25) is 0 Å². The Kier molecular flexibility index (Phi) is 5.48. The van der Waals surface area contributed by atoms with E-state index in [-0.39, 0.29) is 11.8 Å². The van der Waals surface area contributed by atoms with Gasteiger partial charge in [0.05, 0.1) is 18.7 Å². The van der Waals surface area contributed by atoms with Crippen molar-refractivity contribution in [1.29, 1.82) is 0 Å². The predicted octanol–water partition coefficient (Wildman–Crippen LogP) is 2.20. The van der Waals surface area contributed by atoms with Gasteiger partial charge in [0, 0.05) is 37.1 Å². The third-order valence-electron chi connectivity index (χ3n) is 4.46. The van der Waals surface area contributed by atoms with E-state index in [1.165, 1.54) is 0 Å². The second-order valence-corrected chi connectivity index (χ2v) is 6.04. The van der Waals surface area contributed by atoms with Crippen molar-refractivity contribution in [3.8, 4) is 0 Å². The number of para-hydroxylation sites is 1. The Hall–Kier alpha value is -2.34. The minimum atomic E-state index is -0.0962. The smallest absolute Gasteiger partial charge is 0.227 e. The first-order valence-corrected chi connectivity index (χ1v) is 8.40. The Balaban J connectivity index is 1.61. The molecule has 0 saturated carbocycles. The standard InChI is InChI=1S/C18H24N4O2/c1-24-10-9-19-16-7-3-2-5-13(16)11-20-18(23)14-6-4-8-17-15(14)12-21-22-17/h2-3,5,7,12,14,19H,4,6,8-11H2,1H3,(H,20,23)(H,21,22). The van der Waals surface area contributed by atoms with Gasteiger partial charge in [-0.2, -0.15) is 5.10 Å². The number of nitrogens with zero attached hydrogens (tertiary/aromatic N) is 1.